The Labute approximate surface area is 136 Å². The van der Waals surface area contributed by atoms with Gasteiger partial charge in [0.05, 0.1) is 0 Å². The summed E-state index contributed by atoms with van der Waals surface area (Å²) in [6.45, 7) is 6.30. The van der Waals surface area contributed by atoms with E-state index in [4.69, 9.17) is 4.99 Å². The molecule has 0 aliphatic carbocycles. The van der Waals surface area contributed by atoms with Crippen LogP contribution in [0.25, 0.3) is 11.0 Å². The van der Waals surface area contributed by atoms with Gasteiger partial charge in [-0.05, 0) is 49.3 Å². The van der Waals surface area contributed by atoms with Crippen molar-refractivity contribution in [2.24, 2.45) is 9.98 Å². The van der Waals surface area contributed by atoms with Crippen molar-refractivity contribution in [1.82, 2.24) is 9.97 Å². The standard InChI is InChI=1S/C17H20N4S.H2/c1-4-22-17-20-11(2)8-13(12(3)21-17)9-14-10-19-16-15(14)6-5-7-18-16;/h5-7,10H,4,8-9H2,1-3H3,(H,18,19);1H. The highest BCUT2D eigenvalue weighted by Crippen LogP contribution is 2.25. The normalized spacial score (nSPS) is 15.8. The number of pyridine rings is 1. The molecule has 2 aromatic rings. The van der Waals surface area contributed by atoms with Crippen molar-refractivity contribution < 1.29 is 1.43 Å². The molecule has 0 saturated heterocycles. The van der Waals surface area contributed by atoms with Crippen LogP contribution in [0.4, 0.5) is 0 Å². The first-order valence-corrected chi connectivity index (χ1v) is 8.51. The number of fused-ring (bicyclic) bond motifs is 1. The number of nitrogens with zero attached hydrogens (tertiary/aromatic N) is 3. The zero-order valence-electron chi connectivity index (χ0n) is 13.2. The van der Waals surface area contributed by atoms with Gasteiger partial charge in [-0.1, -0.05) is 18.7 Å². The van der Waals surface area contributed by atoms with Crippen LogP contribution in [-0.4, -0.2) is 26.6 Å². The topological polar surface area (TPSA) is 53.4 Å². The molecule has 0 fully saturated rings. The predicted molar refractivity (Wildman–Crippen MR) is 97.9 cm³/mol. The molecule has 0 amide bonds. The number of nitrogens with one attached hydrogen (secondary N) is 1. The zero-order chi connectivity index (χ0) is 15.5. The minimum Gasteiger partial charge on any atom is -0.346 e. The summed E-state index contributed by atoms with van der Waals surface area (Å²) in [7, 11) is 0. The van der Waals surface area contributed by atoms with Gasteiger partial charge in [-0.2, -0.15) is 0 Å². The maximum atomic E-state index is 4.70. The molecule has 0 aromatic carbocycles. The number of hydrogen-bond donors (Lipinski definition) is 1. The number of thioether (sulfide) groups is 1. The average molecular weight is 314 g/mol. The molecule has 1 N–H and O–H groups in total. The van der Waals surface area contributed by atoms with Crippen molar-refractivity contribution in [1.29, 1.82) is 0 Å². The summed E-state index contributed by atoms with van der Waals surface area (Å²) in [4.78, 5) is 16.9. The summed E-state index contributed by atoms with van der Waals surface area (Å²) < 4.78 is 0. The average Bonchev–Trinajstić information content (AvgIpc) is 2.84. The molecule has 1 aliphatic heterocycles. The lowest BCUT2D eigenvalue weighted by Crippen LogP contribution is -1.99. The number of H-pyrrole nitrogens is 1. The van der Waals surface area contributed by atoms with Gasteiger partial charge in [0.1, 0.15) is 5.65 Å². The lowest BCUT2D eigenvalue weighted by molar-refractivity contribution is 1.04. The van der Waals surface area contributed by atoms with E-state index in [0.717, 1.165) is 40.8 Å². The van der Waals surface area contributed by atoms with Gasteiger partial charge in [0.25, 0.3) is 0 Å². The molecule has 1 aliphatic rings. The van der Waals surface area contributed by atoms with Crippen molar-refractivity contribution >= 4 is 33.7 Å². The lowest BCUT2D eigenvalue weighted by atomic mass is 9.99. The highest BCUT2D eigenvalue weighted by molar-refractivity contribution is 8.13. The molecule has 0 bridgehead atoms. The fraction of sp³-hybridized carbons (Fsp3) is 0.353. The van der Waals surface area contributed by atoms with E-state index in [1.807, 2.05) is 12.3 Å². The molecule has 2 aromatic heterocycles. The van der Waals surface area contributed by atoms with E-state index in [0.29, 0.717) is 0 Å². The number of hydrogen-bond acceptors (Lipinski definition) is 4. The molecule has 22 heavy (non-hydrogen) atoms. The monoisotopic (exact) mass is 314 g/mol. The Kier molecular flexibility index (Phi) is 4.43. The SMILES string of the molecule is CCSC1=NC(C)=C(Cc2c[nH]c3ncccc23)CC(C)=N1.[HH]. The van der Waals surface area contributed by atoms with Crippen LogP contribution in [0.3, 0.4) is 0 Å². The third kappa shape index (κ3) is 3.14. The summed E-state index contributed by atoms with van der Waals surface area (Å²) in [6.07, 6.45) is 5.64. The van der Waals surface area contributed by atoms with E-state index in [1.54, 1.807) is 11.8 Å². The van der Waals surface area contributed by atoms with Gasteiger partial charge in [0.15, 0.2) is 5.17 Å². The van der Waals surface area contributed by atoms with E-state index < -0.39 is 0 Å². The van der Waals surface area contributed by atoms with Crippen LogP contribution >= 0.6 is 11.8 Å². The van der Waals surface area contributed by atoms with E-state index in [-0.39, 0.29) is 1.43 Å². The van der Waals surface area contributed by atoms with E-state index in [9.17, 15) is 0 Å². The quantitative estimate of drug-likeness (QED) is 0.900. The third-order valence-electron chi connectivity index (χ3n) is 3.74. The summed E-state index contributed by atoms with van der Waals surface area (Å²) in [6, 6.07) is 4.10. The first-order chi connectivity index (χ1) is 10.7. The molecule has 116 valence electrons. The number of aromatic nitrogens is 2. The van der Waals surface area contributed by atoms with Crippen LogP contribution in [0.5, 0.6) is 0 Å². The second-order valence-electron chi connectivity index (χ2n) is 5.43. The Morgan fingerprint density at radius 2 is 2.18 bits per heavy atom. The molecule has 0 saturated carbocycles. The van der Waals surface area contributed by atoms with Crippen molar-refractivity contribution in [3.05, 3.63) is 41.4 Å². The van der Waals surface area contributed by atoms with Crippen LogP contribution in [0, 0.1) is 0 Å². The summed E-state index contributed by atoms with van der Waals surface area (Å²) in [5.74, 6) is 0.992. The molecule has 0 unspecified atom stereocenters. The molecule has 3 rings (SSSR count). The van der Waals surface area contributed by atoms with Crippen LogP contribution in [0.2, 0.25) is 0 Å². The third-order valence-corrected chi connectivity index (χ3v) is 4.47. The minimum atomic E-state index is 0. The van der Waals surface area contributed by atoms with Crippen molar-refractivity contribution in [3.63, 3.8) is 0 Å². The van der Waals surface area contributed by atoms with Crippen molar-refractivity contribution in [2.75, 3.05) is 5.75 Å². The summed E-state index contributed by atoms with van der Waals surface area (Å²) >= 11 is 1.70. The molecule has 0 atom stereocenters. The van der Waals surface area contributed by atoms with E-state index >= 15 is 0 Å². The van der Waals surface area contributed by atoms with Gasteiger partial charge in [-0.3, -0.25) is 0 Å². The van der Waals surface area contributed by atoms with Crippen LogP contribution in [0.1, 0.15) is 34.2 Å². The molecule has 0 spiro atoms. The van der Waals surface area contributed by atoms with Gasteiger partial charge in [-0.25, -0.2) is 15.0 Å². The Balaban J connectivity index is 0.00000192. The van der Waals surface area contributed by atoms with Gasteiger partial charge in [0, 0.05) is 37.0 Å². The van der Waals surface area contributed by atoms with E-state index in [1.165, 1.54) is 16.5 Å². The molecular formula is C17H22N4S. The maximum absolute atomic E-state index is 4.70. The van der Waals surface area contributed by atoms with Crippen molar-refractivity contribution in [2.45, 2.75) is 33.6 Å². The minimum absolute atomic E-state index is 0. The molecule has 3 heterocycles. The largest absolute Gasteiger partial charge is 0.346 e. The zero-order valence-corrected chi connectivity index (χ0v) is 14.0. The number of allylic oxidation sites excluding steroid dienone is 2. The van der Waals surface area contributed by atoms with Crippen LogP contribution in [-0.2, 0) is 6.42 Å². The Morgan fingerprint density at radius 3 is 3.00 bits per heavy atom. The first-order valence-electron chi connectivity index (χ1n) is 7.52. The second kappa shape index (κ2) is 6.48. The Hall–Kier alpha value is -1.88. The maximum Gasteiger partial charge on any atom is 0.187 e. The highest BCUT2D eigenvalue weighted by atomic mass is 32.2. The predicted octanol–water partition coefficient (Wildman–Crippen LogP) is 4.60. The Morgan fingerprint density at radius 1 is 1.32 bits per heavy atom. The second-order valence-corrected chi connectivity index (χ2v) is 6.66. The molecule has 5 heteroatoms. The van der Waals surface area contributed by atoms with Crippen LogP contribution < -0.4 is 0 Å². The van der Waals surface area contributed by atoms with Gasteiger partial charge in [0.2, 0.25) is 0 Å². The first kappa shape index (κ1) is 15.0. The van der Waals surface area contributed by atoms with Crippen molar-refractivity contribution in [3.8, 4) is 0 Å². The molecular weight excluding hydrogens is 292 g/mol. The summed E-state index contributed by atoms with van der Waals surface area (Å²) in [5, 5.41) is 2.07. The smallest absolute Gasteiger partial charge is 0.187 e. The molecule has 4 nitrogen and oxygen atoms in total. The van der Waals surface area contributed by atoms with Gasteiger partial charge < -0.3 is 4.98 Å². The lowest BCUT2D eigenvalue weighted by Gasteiger charge is -2.07. The summed E-state index contributed by atoms with van der Waals surface area (Å²) in [5.41, 5.74) is 5.77. The number of aliphatic imine (C=N–C) groups is 2. The van der Waals surface area contributed by atoms with Crippen LogP contribution in [0.15, 0.2) is 45.8 Å². The fourth-order valence-corrected chi connectivity index (χ4v) is 3.34. The number of aromatic amines is 1. The fourth-order valence-electron chi connectivity index (χ4n) is 2.66. The number of rotatable bonds is 3. The van der Waals surface area contributed by atoms with E-state index in [2.05, 4.69) is 48.0 Å². The molecule has 0 radical (unpaired) electrons. The Bertz CT molecular complexity index is 789. The van der Waals surface area contributed by atoms with Gasteiger partial charge in [-0.15, -0.1) is 0 Å². The number of amidine groups is 1. The van der Waals surface area contributed by atoms with Gasteiger partial charge >= 0.3 is 0 Å². The highest BCUT2D eigenvalue weighted by Gasteiger charge is 2.14.